The monoisotopic (exact) mass is 285 g/mol. The van der Waals surface area contributed by atoms with Crippen molar-refractivity contribution in [3.05, 3.63) is 35.1 Å². The van der Waals surface area contributed by atoms with Crippen molar-refractivity contribution in [3.63, 3.8) is 0 Å². The molecule has 0 spiro atoms. The highest BCUT2D eigenvalue weighted by Gasteiger charge is 2.25. The lowest BCUT2D eigenvalue weighted by molar-refractivity contribution is 0.542. The molecule has 0 bridgehead atoms. The predicted octanol–water partition coefficient (Wildman–Crippen LogP) is 3.63. The Labute approximate surface area is 117 Å². The second-order valence-electron chi connectivity index (χ2n) is 4.53. The number of aryl methyl sites for hydroxylation is 1. The number of rotatable bonds is 4. The van der Waals surface area contributed by atoms with Crippen molar-refractivity contribution in [2.24, 2.45) is 0 Å². The molecule has 1 N–H and O–H groups in total. The molecule has 2 rings (SSSR count). The molecule has 2 unspecified atom stereocenters. The van der Waals surface area contributed by atoms with Gasteiger partial charge in [0, 0.05) is 28.6 Å². The summed E-state index contributed by atoms with van der Waals surface area (Å²) < 4.78 is 13.7. The average molecular weight is 285 g/mol. The van der Waals surface area contributed by atoms with E-state index in [1.54, 1.807) is 6.07 Å². The molecule has 1 saturated heterocycles. The Kier molecular flexibility index (Phi) is 5.39. The van der Waals surface area contributed by atoms with Gasteiger partial charge < -0.3 is 5.32 Å². The van der Waals surface area contributed by atoms with Gasteiger partial charge in [-0.1, -0.05) is 19.1 Å². The summed E-state index contributed by atoms with van der Waals surface area (Å²) in [6, 6.07) is 5.91. The van der Waals surface area contributed by atoms with Crippen molar-refractivity contribution in [1.29, 1.82) is 0 Å². The van der Waals surface area contributed by atoms with Gasteiger partial charge in [0.1, 0.15) is 5.82 Å². The second kappa shape index (κ2) is 6.83. The molecule has 0 amide bonds. The van der Waals surface area contributed by atoms with E-state index in [4.69, 9.17) is 0 Å². The fraction of sp³-hybridized carbons (Fsp3) is 0.571. The number of benzene rings is 1. The normalized spacial score (nSPS) is 21.8. The van der Waals surface area contributed by atoms with Gasteiger partial charge in [-0.05, 0) is 30.7 Å². The van der Waals surface area contributed by atoms with Crippen LogP contribution in [0, 0.1) is 12.7 Å². The van der Waals surface area contributed by atoms with E-state index in [0.29, 0.717) is 5.25 Å². The smallest absolute Gasteiger partial charge is 0.126 e. The van der Waals surface area contributed by atoms with E-state index < -0.39 is 0 Å². The summed E-state index contributed by atoms with van der Waals surface area (Å²) >= 11 is 4.01. The Bertz CT molecular complexity index is 391. The average Bonchev–Trinajstić information content (AvgIpc) is 2.40. The first-order valence-electron chi connectivity index (χ1n) is 6.41. The van der Waals surface area contributed by atoms with E-state index in [9.17, 15) is 4.39 Å². The van der Waals surface area contributed by atoms with Crippen LogP contribution >= 0.6 is 23.5 Å². The number of thioether (sulfide) groups is 2. The van der Waals surface area contributed by atoms with Gasteiger partial charge in [0.15, 0.2) is 0 Å². The molecular weight excluding hydrogens is 265 g/mol. The van der Waals surface area contributed by atoms with E-state index in [-0.39, 0.29) is 11.9 Å². The topological polar surface area (TPSA) is 12.0 Å². The summed E-state index contributed by atoms with van der Waals surface area (Å²) in [5.74, 6) is 3.50. The molecule has 0 saturated carbocycles. The third-order valence-corrected chi connectivity index (χ3v) is 6.06. The first-order valence-corrected chi connectivity index (χ1v) is 8.61. The molecule has 4 heteroatoms. The number of hydrogen-bond acceptors (Lipinski definition) is 3. The minimum Gasteiger partial charge on any atom is -0.309 e. The maximum absolute atomic E-state index is 13.7. The first-order chi connectivity index (χ1) is 8.72. The zero-order chi connectivity index (χ0) is 13.0. The van der Waals surface area contributed by atoms with Crippen LogP contribution in [-0.2, 0) is 0 Å². The maximum atomic E-state index is 13.7. The molecular formula is C14H20FNS2. The summed E-state index contributed by atoms with van der Waals surface area (Å²) in [4.78, 5) is 0. The van der Waals surface area contributed by atoms with Crippen LogP contribution in [0.3, 0.4) is 0 Å². The van der Waals surface area contributed by atoms with Gasteiger partial charge >= 0.3 is 0 Å². The lowest BCUT2D eigenvalue weighted by atomic mass is 10.0. The fourth-order valence-electron chi connectivity index (χ4n) is 2.18. The Morgan fingerprint density at radius 2 is 2.28 bits per heavy atom. The van der Waals surface area contributed by atoms with Gasteiger partial charge in [-0.25, -0.2) is 4.39 Å². The number of nitrogens with one attached hydrogen (secondary N) is 1. The Balaban J connectivity index is 2.19. The fourth-order valence-corrected chi connectivity index (χ4v) is 5.05. The van der Waals surface area contributed by atoms with Crippen LogP contribution in [0.2, 0.25) is 0 Å². The largest absolute Gasteiger partial charge is 0.309 e. The van der Waals surface area contributed by atoms with Crippen molar-refractivity contribution >= 4 is 23.5 Å². The van der Waals surface area contributed by atoms with E-state index in [0.717, 1.165) is 23.4 Å². The molecule has 1 fully saturated rings. The highest BCUT2D eigenvalue weighted by molar-refractivity contribution is 8.06. The van der Waals surface area contributed by atoms with Crippen LogP contribution < -0.4 is 5.32 Å². The van der Waals surface area contributed by atoms with Crippen LogP contribution in [0.25, 0.3) is 0 Å². The van der Waals surface area contributed by atoms with Crippen LogP contribution in [-0.4, -0.2) is 29.1 Å². The molecule has 0 radical (unpaired) electrons. The van der Waals surface area contributed by atoms with Gasteiger partial charge in [-0.3, -0.25) is 0 Å². The van der Waals surface area contributed by atoms with Crippen molar-refractivity contribution in [2.45, 2.75) is 25.1 Å². The lowest BCUT2D eigenvalue weighted by Crippen LogP contribution is -2.33. The summed E-state index contributed by atoms with van der Waals surface area (Å²) in [5.41, 5.74) is 1.81. The summed E-state index contributed by atoms with van der Waals surface area (Å²) in [6.07, 6.45) is 0. The van der Waals surface area contributed by atoms with Gasteiger partial charge in [0.25, 0.3) is 0 Å². The molecule has 1 aromatic carbocycles. The van der Waals surface area contributed by atoms with Crippen LogP contribution in [0.1, 0.15) is 24.1 Å². The maximum Gasteiger partial charge on any atom is 0.126 e. The summed E-state index contributed by atoms with van der Waals surface area (Å²) in [6.45, 7) is 4.84. The van der Waals surface area contributed by atoms with Gasteiger partial charge in [0.2, 0.25) is 0 Å². The SMILES string of the molecule is CCNC(c1ccc(C)c(F)c1)C1CSCCS1. The predicted molar refractivity (Wildman–Crippen MR) is 81.1 cm³/mol. The third-order valence-electron chi connectivity index (χ3n) is 3.19. The molecule has 1 aromatic rings. The highest BCUT2D eigenvalue weighted by atomic mass is 32.2. The zero-order valence-corrected chi connectivity index (χ0v) is 12.5. The van der Waals surface area contributed by atoms with E-state index >= 15 is 0 Å². The van der Waals surface area contributed by atoms with E-state index in [2.05, 4.69) is 18.3 Å². The van der Waals surface area contributed by atoms with Crippen molar-refractivity contribution in [2.75, 3.05) is 23.8 Å². The van der Waals surface area contributed by atoms with Crippen LogP contribution in [0.4, 0.5) is 4.39 Å². The number of hydrogen-bond donors (Lipinski definition) is 1. The molecule has 18 heavy (non-hydrogen) atoms. The van der Waals surface area contributed by atoms with Crippen LogP contribution in [0.5, 0.6) is 0 Å². The summed E-state index contributed by atoms with van der Waals surface area (Å²) in [7, 11) is 0. The molecule has 1 aliphatic rings. The van der Waals surface area contributed by atoms with Crippen molar-refractivity contribution in [3.8, 4) is 0 Å². The molecule has 0 aromatic heterocycles. The Hall–Kier alpha value is -0.190. The van der Waals surface area contributed by atoms with E-state index in [1.165, 1.54) is 11.5 Å². The third kappa shape index (κ3) is 3.43. The van der Waals surface area contributed by atoms with Crippen molar-refractivity contribution < 1.29 is 4.39 Å². The first kappa shape index (κ1) is 14.2. The lowest BCUT2D eigenvalue weighted by Gasteiger charge is -2.30. The molecule has 1 heterocycles. The quantitative estimate of drug-likeness (QED) is 0.907. The zero-order valence-electron chi connectivity index (χ0n) is 10.9. The standard InChI is InChI=1S/C14H20FNS2/c1-3-16-14(13-9-17-6-7-18-13)11-5-4-10(2)12(15)8-11/h4-5,8,13-14,16H,3,6-7,9H2,1-2H3. The van der Waals surface area contributed by atoms with Gasteiger partial charge in [-0.15, -0.1) is 0 Å². The van der Waals surface area contributed by atoms with E-state index in [1.807, 2.05) is 36.5 Å². The minimum atomic E-state index is -0.0936. The highest BCUT2D eigenvalue weighted by Crippen LogP contribution is 2.34. The Morgan fingerprint density at radius 3 is 2.89 bits per heavy atom. The minimum absolute atomic E-state index is 0.0936. The molecule has 100 valence electrons. The van der Waals surface area contributed by atoms with Crippen LogP contribution in [0.15, 0.2) is 18.2 Å². The second-order valence-corrected chi connectivity index (χ2v) is 7.03. The molecule has 0 aliphatic carbocycles. The molecule has 1 nitrogen and oxygen atoms in total. The van der Waals surface area contributed by atoms with Gasteiger partial charge in [-0.2, -0.15) is 23.5 Å². The Morgan fingerprint density at radius 1 is 1.44 bits per heavy atom. The molecule has 2 atom stereocenters. The number of halogens is 1. The van der Waals surface area contributed by atoms with Gasteiger partial charge in [0.05, 0.1) is 0 Å². The summed E-state index contributed by atoms with van der Waals surface area (Å²) in [5, 5.41) is 4.06. The molecule has 1 aliphatic heterocycles. The van der Waals surface area contributed by atoms with Crippen molar-refractivity contribution in [1.82, 2.24) is 5.32 Å².